The summed E-state index contributed by atoms with van der Waals surface area (Å²) in [5.41, 5.74) is 2.56. The predicted molar refractivity (Wildman–Crippen MR) is 76.1 cm³/mol. The van der Waals surface area contributed by atoms with E-state index in [0.717, 1.165) is 44.1 Å². The molecule has 0 amide bonds. The molecule has 0 saturated carbocycles. The number of hydrogen-bond acceptors (Lipinski definition) is 3. The molecule has 3 rings (SSSR count). The van der Waals surface area contributed by atoms with Gasteiger partial charge in [-0.1, -0.05) is 12.5 Å². The summed E-state index contributed by atoms with van der Waals surface area (Å²) in [7, 11) is 0. The third kappa shape index (κ3) is 3.03. The number of benzene rings is 1. The van der Waals surface area contributed by atoms with Crippen LogP contribution in [0.5, 0.6) is 11.5 Å². The molecule has 0 bridgehead atoms. The van der Waals surface area contributed by atoms with Crippen LogP contribution < -0.4 is 14.8 Å². The Morgan fingerprint density at radius 2 is 2.05 bits per heavy atom. The van der Waals surface area contributed by atoms with E-state index < -0.39 is 0 Å². The summed E-state index contributed by atoms with van der Waals surface area (Å²) in [5, 5.41) is 3.61. The summed E-state index contributed by atoms with van der Waals surface area (Å²) in [6, 6.07) is 5.05. The summed E-state index contributed by atoms with van der Waals surface area (Å²) in [4.78, 5) is 0. The normalized spacial score (nSPS) is 22.9. The Balaban J connectivity index is 1.78. The molecule has 2 aliphatic rings. The molecule has 1 aromatic carbocycles. The molecule has 2 aliphatic heterocycles. The van der Waals surface area contributed by atoms with E-state index in [1.54, 1.807) is 0 Å². The van der Waals surface area contributed by atoms with Gasteiger partial charge in [-0.3, -0.25) is 0 Å². The molecule has 2 heterocycles. The maximum absolute atomic E-state index is 5.81. The molecule has 3 nitrogen and oxygen atoms in total. The fraction of sp³-hybridized carbons (Fsp3) is 0.625. The van der Waals surface area contributed by atoms with Crippen LogP contribution in [0.3, 0.4) is 0 Å². The van der Waals surface area contributed by atoms with Crippen molar-refractivity contribution in [2.75, 3.05) is 19.8 Å². The van der Waals surface area contributed by atoms with E-state index in [1.165, 1.54) is 30.4 Å². The average molecular weight is 261 g/mol. The van der Waals surface area contributed by atoms with Gasteiger partial charge in [0.15, 0.2) is 11.5 Å². The first-order valence-corrected chi connectivity index (χ1v) is 7.45. The number of fused-ring (bicyclic) bond motifs is 1. The van der Waals surface area contributed by atoms with E-state index in [-0.39, 0.29) is 0 Å². The van der Waals surface area contributed by atoms with Crippen LogP contribution >= 0.6 is 0 Å². The average Bonchev–Trinajstić information content (AvgIpc) is 2.65. The molecular formula is C16H23NO2. The van der Waals surface area contributed by atoms with Gasteiger partial charge in [0.1, 0.15) is 0 Å². The molecule has 0 aromatic heterocycles. The SMILES string of the molecule is Cc1cc(CC2CCCCN2)cc2c1OCCCO2. The zero-order chi connectivity index (χ0) is 13.1. The largest absolute Gasteiger partial charge is 0.490 e. The molecular weight excluding hydrogens is 238 g/mol. The summed E-state index contributed by atoms with van der Waals surface area (Å²) in [5.74, 6) is 1.88. The first-order chi connectivity index (χ1) is 9.33. The lowest BCUT2D eigenvalue weighted by Crippen LogP contribution is -2.35. The maximum atomic E-state index is 5.81. The van der Waals surface area contributed by atoms with Crippen molar-refractivity contribution in [2.45, 2.75) is 45.1 Å². The number of ether oxygens (including phenoxy) is 2. The third-order valence-corrected chi connectivity index (χ3v) is 3.99. The van der Waals surface area contributed by atoms with Crippen LogP contribution in [0, 0.1) is 6.92 Å². The minimum absolute atomic E-state index is 0.623. The zero-order valence-corrected chi connectivity index (χ0v) is 11.7. The molecule has 0 aliphatic carbocycles. The van der Waals surface area contributed by atoms with Crippen molar-refractivity contribution in [3.8, 4) is 11.5 Å². The molecule has 0 radical (unpaired) electrons. The molecule has 1 N–H and O–H groups in total. The Bertz CT molecular complexity index is 439. The van der Waals surface area contributed by atoms with Crippen molar-refractivity contribution in [3.05, 3.63) is 23.3 Å². The number of aryl methyl sites for hydroxylation is 1. The molecule has 1 atom stereocenters. The standard InChI is InChI=1S/C16H23NO2/c1-12-9-13(10-14-5-2-3-6-17-14)11-15-16(12)19-8-4-7-18-15/h9,11,14,17H,2-8,10H2,1H3. The second kappa shape index (κ2) is 5.83. The second-order valence-electron chi connectivity index (χ2n) is 5.64. The first kappa shape index (κ1) is 12.8. The van der Waals surface area contributed by atoms with E-state index in [0.29, 0.717) is 6.04 Å². The lowest BCUT2D eigenvalue weighted by molar-refractivity contribution is 0.296. The number of hydrogen-bond donors (Lipinski definition) is 1. The van der Waals surface area contributed by atoms with Gasteiger partial charge in [-0.15, -0.1) is 0 Å². The smallest absolute Gasteiger partial charge is 0.164 e. The lowest BCUT2D eigenvalue weighted by Gasteiger charge is -2.24. The molecule has 1 fully saturated rings. The number of nitrogens with one attached hydrogen (secondary N) is 1. The van der Waals surface area contributed by atoms with Crippen molar-refractivity contribution in [2.24, 2.45) is 0 Å². The molecule has 104 valence electrons. The fourth-order valence-electron chi connectivity index (χ4n) is 3.02. The van der Waals surface area contributed by atoms with Crippen molar-refractivity contribution in [1.82, 2.24) is 5.32 Å². The van der Waals surface area contributed by atoms with Crippen LogP contribution in [-0.2, 0) is 6.42 Å². The highest BCUT2D eigenvalue weighted by molar-refractivity contribution is 5.49. The van der Waals surface area contributed by atoms with Crippen molar-refractivity contribution >= 4 is 0 Å². The Morgan fingerprint density at radius 3 is 2.89 bits per heavy atom. The highest BCUT2D eigenvalue weighted by Crippen LogP contribution is 2.34. The molecule has 0 spiro atoms. The van der Waals surface area contributed by atoms with Crippen molar-refractivity contribution in [3.63, 3.8) is 0 Å². The van der Waals surface area contributed by atoms with Crippen molar-refractivity contribution in [1.29, 1.82) is 0 Å². The first-order valence-electron chi connectivity index (χ1n) is 7.45. The quantitative estimate of drug-likeness (QED) is 0.888. The number of rotatable bonds is 2. The maximum Gasteiger partial charge on any atom is 0.164 e. The summed E-state index contributed by atoms with van der Waals surface area (Å²) < 4.78 is 11.6. The second-order valence-corrected chi connectivity index (χ2v) is 5.64. The van der Waals surface area contributed by atoms with Gasteiger partial charge in [0.05, 0.1) is 13.2 Å². The van der Waals surface area contributed by atoms with Gasteiger partial charge in [-0.05, 0) is 49.9 Å². The van der Waals surface area contributed by atoms with E-state index in [4.69, 9.17) is 9.47 Å². The molecule has 19 heavy (non-hydrogen) atoms. The highest BCUT2D eigenvalue weighted by Gasteiger charge is 2.17. The third-order valence-electron chi connectivity index (χ3n) is 3.99. The summed E-state index contributed by atoms with van der Waals surface area (Å²) >= 11 is 0. The lowest BCUT2D eigenvalue weighted by atomic mass is 9.96. The van der Waals surface area contributed by atoms with Gasteiger partial charge in [0.25, 0.3) is 0 Å². The predicted octanol–water partition coefficient (Wildman–Crippen LogP) is 2.84. The highest BCUT2D eigenvalue weighted by atomic mass is 16.5. The monoisotopic (exact) mass is 261 g/mol. The fourth-order valence-corrected chi connectivity index (χ4v) is 3.02. The summed E-state index contributed by atoms with van der Waals surface area (Å²) in [6.07, 6.45) is 6.01. The molecule has 1 unspecified atom stereocenters. The van der Waals surface area contributed by atoms with Gasteiger partial charge >= 0.3 is 0 Å². The Kier molecular flexibility index (Phi) is 3.92. The van der Waals surface area contributed by atoms with Crippen LogP contribution in [0.4, 0.5) is 0 Å². The van der Waals surface area contributed by atoms with E-state index in [9.17, 15) is 0 Å². The molecule has 3 heteroatoms. The zero-order valence-electron chi connectivity index (χ0n) is 11.7. The van der Waals surface area contributed by atoms with Crippen LogP contribution in [0.15, 0.2) is 12.1 Å². The Morgan fingerprint density at radius 1 is 1.16 bits per heavy atom. The van der Waals surface area contributed by atoms with Crippen LogP contribution in [0.25, 0.3) is 0 Å². The van der Waals surface area contributed by atoms with E-state index in [1.807, 2.05) is 0 Å². The Hall–Kier alpha value is -1.22. The van der Waals surface area contributed by atoms with Gasteiger partial charge in [-0.2, -0.15) is 0 Å². The van der Waals surface area contributed by atoms with Crippen molar-refractivity contribution < 1.29 is 9.47 Å². The number of piperidine rings is 1. The summed E-state index contributed by atoms with van der Waals surface area (Å²) in [6.45, 7) is 4.80. The topological polar surface area (TPSA) is 30.5 Å². The minimum Gasteiger partial charge on any atom is -0.490 e. The van der Waals surface area contributed by atoms with Crippen LogP contribution in [0.1, 0.15) is 36.8 Å². The van der Waals surface area contributed by atoms with Gasteiger partial charge in [0, 0.05) is 12.5 Å². The van der Waals surface area contributed by atoms with Crippen LogP contribution in [0.2, 0.25) is 0 Å². The van der Waals surface area contributed by atoms with Gasteiger partial charge in [0.2, 0.25) is 0 Å². The van der Waals surface area contributed by atoms with E-state index in [2.05, 4.69) is 24.4 Å². The molecule has 1 saturated heterocycles. The van der Waals surface area contributed by atoms with E-state index >= 15 is 0 Å². The van der Waals surface area contributed by atoms with Gasteiger partial charge < -0.3 is 14.8 Å². The Labute approximate surface area is 115 Å². The van der Waals surface area contributed by atoms with Gasteiger partial charge in [-0.25, -0.2) is 0 Å². The minimum atomic E-state index is 0.623. The molecule has 1 aromatic rings. The van der Waals surface area contributed by atoms with Crippen LogP contribution in [-0.4, -0.2) is 25.8 Å².